The Hall–Kier alpha value is -1.10. The number of rotatable bonds is 1. The first-order valence-corrected chi connectivity index (χ1v) is 6.07. The van der Waals surface area contributed by atoms with Crippen LogP contribution in [0.3, 0.4) is 0 Å². The average molecular weight is 233 g/mol. The molecule has 3 heterocycles. The van der Waals surface area contributed by atoms with Gasteiger partial charge in [-0.05, 0) is 18.6 Å². The number of benzene rings is 1. The van der Waals surface area contributed by atoms with Gasteiger partial charge in [-0.1, -0.05) is 18.2 Å². The van der Waals surface area contributed by atoms with Crippen LogP contribution in [0.5, 0.6) is 0 Å². The van der Waals surface area contributed by atoms with Crippen LogP contribution in [0, 0.1) is 6.92 Å². The number of fused-ring (bicyclic) bond motifs is 2. The summed E-state index contributed by atoms with van der Waals surface area (Å²) in [6.07, 6.45) is 0.678. The van der Waals surface area contributed by atoms with Crippen LogP contribution in [-0.2, 0) is 14.2 Å². The minimum Gasteiger partial charge on any atom is -0.376 e. The number of nitrogens with zero attached hydrogens (tertiary/aromatic N) is 1. The SMILES string of the molecule is Cc1ccccc1N1C2OC2COCC2OC21. The Bertz CT molecular complexity index is 432. The summed E-state index contributed by atoms with van der Waals surface area (Å²) in [6, 6.07) is 8.38. The van der Waals surface area contributed by atoms with Gasteiger partial charge in [0.2, 0.25) is 0 Å². The molecule has 3 aliphatic heterocycles. The zero-order valence-electron chi connectivity index (χ0n) is 9.70. The van der Waals surface area contributed by atoms with Crippen molar-refractivity contribution in [3.05, 3.63) is 29.8 Å². The van der Waals surface area contributed by atoms with Crippen LogP contribution in [0.4, 0.5) is 5.69 Å². The molecule has 0 bridgehead atoms. The van der Waals surface area contributed by atoms with Crippen LogP contribution in [0.15, 0.2) is 24.3 Å². The zero-order valence-corrected chi connectivity index (χ0v) is 9.70. The van der Waals surface area contributed by atoms with Gasteiger partial charge < -0.3 is 19.1 Å². The van der Waals surface area contributed by atoms with Gasteiger partial charge in [-0.3, -0.25) is 0 Å². The highest BCUT2D eigenvalue weighted by Gasteiger charge is 2.56. The summed E-state index contributed by atoms with van der Waals surface area (Å²) in [6.45, 7) is 3.48. The summed E-state index contributed by atoms with van der Waals surface area (Å²) in [5, 5.41) is 0. The van der Waals surface area contributed by atoms with E-state index < -0.39 is 0 Å². The van der Waals surface area contributed by atoms with Crippen LogP contribution < -0.4 is 4.90 Å². The third kappa shape index (κ3) is 1.56. The van der Waals surface area contributed by atoms with Crippen molar-refractivity contribution in [2.45, 2.75) is 31.6 Å². The van der Waals surface area contributed by atoms with Gasteiger partial charge >= 0.3 is 0 Å². The maximum atomic E-state index is 5.68. The highest BCUT2D eigenvalue weighted by atomic mass is 16.7. The topological polar surface area (TPSA) is 37.5 Å². The van der Waals surface area contributed by atoms with Crippen molar-refractivity contribution < 1.29 is 14.2 Å². The molecular weight excluding hydrogens is 218 g/mol. The van der Waals surface area contributed by atoms with Crippen LogP contribution in [0.2, 0.25) is 0 Å². The standard InChI is InChI=1S/C13H15NO3/c1-8-4-2-3-5-9(8)14-12-10(16-12)6-15-7-11-13(14)17-11/h2-5,10-13H,6-7H2,1H3. The molecule has 0 aromatic heterocycles. The normalized spacial score (nSPS) is 38.8. The summed E-state index contributed by atoms with van der Waals surface area (Å²) in [7, 11) is 0. The molecule has 0 spiro atoms. The lowest BCUT2D eigenvalue weighted by atomic mass is 10.1. The van der Waals surface area contributed by atoms with E-state index in [0.717, 1.165) is 0 Å². The van der Waals surface area contributed by atoms with Crippen LogP contribution in [0.1, 0.15) is 5.56 Å². The van der Waals surface area contributed by atoms with Gasteiger partial charge in [0, 0.05) is 5.69 Å². The lowest BCUT2D eigenvalue weighted by molar-refractivity contribution is 0.101. The minimum atomic E-state index is 0.131. The third-order valence-electron chi connectivity index (χ3n) is 3.62. The van der Waals surface area contributed by atoms with Gasteiger partial charge in [0.1, 0.15) is 12.2 Å². The van der Waals surface area contributed by atoms with E-state index in [4.69, 9.17) is 14.2 Å². The third-order valence-corrected chi connectivity index (χ3v) is 3.62. The largest absolute Gasteiger partial charge is 0.376 e. The molecule has 0 N–H and O–H groups in total. The molecule has 0 amide bonds. The summed E-state index contributed by atoms with van der Waals surface area (Å²) in [4.78, 5) is 2.27. The number of epoxide rings is 2. The highest BCUT2D eigenvalue weighted by Crippen LogP contribution is 2.42. The Morgan fingerprint density at radius 3 is 2.35 bits per heavy atom. The fourth-order valence-electron chi connectivity index (χ4n) is 2.57. The van der Waals surface area contributed by atoms with E-state index >= 15 is 0 Å². The molecule has 3 fully saturated rings. The predicted molar refractivity (Wildman–Crippen MR) is 61.8 cm³/mol. The Morgan fingerprint density at radius 2 is 1.71 bits per heavy atom. The molecule has 3 aliphatic rings. The number of anilines is 1. The molecule has 0 radical (unpaired) electrons. The van der Waals surface area contributed by atoms with E-state index in [1.54, 1.807) is 0 Å². The van der Waals surface area contributed by atoms with Crippen molar-refractivity contribution in [2.24, 2.45) is 0 Å². The van der Waals surface area contributed by atoms with Gasteiger partial charge in [0.15, 0.2) is 12.5 Å². The second kappa shape index (κ2) is 3.45. The van der Waals surface area contributed by atoms with Crippen molar-refractivity contribution >= 4 is 5.69 Å². The molecule has 90 valence electrons. The van der Waals surface area contributed by atoms with E-state index in [0.29, 0.717) is 13.2 Å². The van der Waals surface area contributed by atoms with Crippen molar-refractivity contribution in [1.82, 2.24) is 0 Å². The molecule has 4 rings (SSSR count). The van der Waals surface area contributed by atoms with Crippen LogP contribution in [0.25, 0.3) is 0 Å². The Labute approximate surface area is 100 Å². The summed E-state index contributed by atoms with van der Waals surface area (Å²) >= 11 is 0. The molecule has 4 atom stereocenters. The average Bonchev–Trinajstić information content (AvgIpc) is 3.21. The molecule has 1 aromatic rings. The number of ether oxygens (including phenoxy) is 3. The molecule has 0 aliphatic carbocycles. The maximum absolute atomic E-state index is 5.68. The molecule has 17 heavy (non-hydrogen) atoms. The fourth-order valence-corrected chi connectivity index (χ4v) is 2.57. The lowest BCUT2D eigenvalue weighted by Crippen LogP contribution is -2.36. The molecule has 4 nitrogen and oxygen atoms in total. The van der Waals surface area contributed by atoms with E-state index in [1.165, 1.54) is 11.3 Å². The summed E-state index contributed by atoms with van der Waals surface area (Å²) in [5.74, 6) is 0. The Kier molecular flexibility index (Phi) is 2.00. The van der Waals surface area contributed by atoms with Gasteiger partial charge in [-0.15, -0.1) is 0 Å². The van der Waals surface area contributed by atoms with Gasteiger partial charge in [-0.2, -0.15) is 0 Å². The smallest absolute Gasteiger partial charge is 0.161 e. The summed E-state index contributed by atoms with van der Waals surface area (Å²) in [5.41, 5.74) is 2.48. The molecule has 4 heteroatoms. The maximum Gasteiger partial charge on any atom is 0.161 e. The fraction of sp³-hybridized carbons (Fsp3) is 0.538. The van der Waals surface area contributed by atoms with Gasteiger partial charge in [-0.25, -0.2) is 0 Å². The number of hydrogen-bond donors (Lipinski definition) is 0. The Morgan fingerprint density at radius 1 is 1.06 bits per heavy atom. The predicted octanol–water partition coefficient (Wildman–Crippen LogP) is 1.28. The van der Waals surface area contributed by atoms with Crippen molar-refractivity contribution in [3.8, 4) is 0 Å². The first-order chi connectivity index (χ1) is 8.34. The minimum absolute atomic E-state index is 0.131. The van der Waals surface area contributed by atoms with Gasteiger partial charge in [0.25, 0.3) is 0 Å². The van der Waals surface area contributed by atoms with E-state index in [-0.39, 0.29) is 24.7 Å². The number of aryl methyl sites for hydroxylation is 1. The first-order valence-electron chi connectivity index (χ1n) is 6.07. The molecule has 0 saturated carbocycles. The van der Waals surface area contributed by atoms with E-state index in [2.05, 4.69) is 36.1 Å². The molecular formula is C13H15NO3. The van der Waals surface area contributed by atoms with Crippen molar-refractivity contribution in [1.29, 1.82) is 0 Å². The first kappa shape index (κ1) is 9.88. The molecule has 4 unspecified atom stereocenters. The summed E-state index contributed by atoms with van der Waals surface area (Å²) < 4.78 is 16.9. The van der Waals surface area contributed by atoms with Crippen molar-refractivity contribution in [2.75, 3.05) is 18.1 Å². The number of para-hydroxylation sites is 1. The second-order valence-corrected chi connectivity index (χ2v) is 4.86. The van der Waals surface area contributed by atoms with E-state index in [9.17, 15) is 0 Å². The Balaban J connectivity index is 1.69. The quantitative estimate of drug-likeness (QED) is 0.685. The molecule has 1 aromatic carbocycles. The second-order valence-electron chi connectivity index (χ2n) is 4.86. The lowest BCUT2D eigenvalue weighted by Gasteiger charge is -2.24. The van der Waals surface area contributed by atoms with Crippen LogP contribution in [-0.4, -0.2) is 37.9 Å². The zero-order chi connectivity index (χ0) is 11.4. The monoisotopic (exact) mass is 233 g/mol. The van der Waals surface area contributed by atoms with E-state index in [1.807, 2.05) is 0 Å². The van der Waals surface area contributed by atoms with Crippen molar-refractivity contribution in [3.63, 3.8) is 0 Å². The number of hydrogen-bond acceptors (Lipinski definition) is 4. The van der Waals surface area contributed by atoms with Crippen LogP contribution >= 0.6 is 0 Å². The highest BCUT2D eigenvalue weighted by molar-refractivity contribution is 5.56. The van der Waals surface area contributed by atoms with Gasteiger partial charge in [0.05, 0.1) is 13.2 Å². The molecule has 3 saturated heterocycles.